The van der Waals surface area contributed by atoms with E-state index in [2.05, 4.69) is 48.3 Å². The summed E-state index contributed by atoms with van der Waals surface area (Å²) in [6, 6.07) is 8.09. The number of nitrogens with one attached hydrogen (secondary N) is 2. The van der Waals surface area contributed by atoms with Crippen molar-refractivity contribution in [2.75, 3.05) is 11.9 Å². The van der Waals surface area contributed by atoms with E-state index >= 15 is 0 Å². The molecule has 0 fully saturated rings. The number of oxazole rings is 1. The van der Waals surface area contributed by atoms with Crippen LogP contribution < -0.4 is 10.6 Å². The third kappa shape index (κ3) is 8.39. The second-order valence-corrected chi connectivity index (χ2v) is 11.4. The van der Waals surface area contributed by atoms with Crippen LogP contribution in [0.2, 0.25) is 0 Å². The van der Waals surface area contributed by atoms with Crippen molar-refractivity contribution in [1.82, 2.24) is 15.3 Å². The fourth-order valence-electron chi connectivity index (χ4n) is 3.09. The first-order valence-corrected chi connectivity index (χ1v) is 12.7. The van der Waals surface area contributed by atoms with Crippen LogP contribution in [-0.2, 0) is 22.4 Å². The SMILES string of the molecule is CC(CO)NC(C)c1ccc(CC(=O)Nc2ncc(SCc3ncc(C(C)(C)C)o3)s2)cc1.Cl. The van der Waals surface area contributed by atoms with Crippen molar-refractivity contribution in [1.29, 1.82) is 0 Å². The van der Waals surface area contributed by atoms with Gasteiger partial charge in [0.25, 0.3) is 0 Å². The molecule has 2 atom stereocenters. The molecule has 34 heavy (non-hydrogen) atoms. The highest BCUT2D eigenvalue weighted by atomic mass is 35.5. The Balaban J connectivity index is 0.00000408. The molecule has 3 rings (SSSR count). The number of anilines is 1. The van der Waals surface area contributed by atoms with Gasteiger partial charge in [0, 0.05) is 17.5 Å². The minimum absolute atomic E-state index is 0. The van der Waals surface area contributed by atoms with Crippen LogP contribution in [0.3, 0.4) is 0 Å². The average Bonchev–Trinajstić information content (AvgIpc) is 3.42. The first kappa shape index (κ1) is 28.3. The van der Waals surface area contributed by atoms with Gasteiger partial charge < -0.3 is 20.2 Å². The van der Waals surface area contributed by atoms with E-state index in [1.807, 2.05) is 31.2 Å². The lowest BCUT2D eigenvalue weighted by Crippen LogP contribution is -2.31. The molecule has 0 aliphatic carbocycles. The molecule has 1 aromatic carbocycles. The number of hydrogen-bond donors (Lipinski definition) is 3. The van der Waals surface area contributed by atoms with Crippen LogP contribution >= 0.6 is 35.5 Å². The summed E-state index contributed by atoms with van der Waals surface area (Å²) >= 11 is 3.03. The van der Waals surface area contributed by atoms with Gasteiger partial charge in [0.2, 0.25) is 11.8 Å². The molecule has 10 heteroatoms. The lowest BCUT2D eigenvalue weighted by Gasteiger charge is -2.18. The van der Waals surface area contributed by atoms with Gasteiger partial charge in [0.1, 0.15) is 5.76 Å². The quantitative estimate of drug-likeness (QED) is 0.307. The van der Waals surface area contributed by atoms with E-state index in [0.717, 1.165) is 21.1 Å². The van der Waals surface area contributed by atoms with Crippen molar-refractivity contribution in [3.05, 3.63) is 59.4 Å². The standard InChI is InChI=1S/C24H32N4O3S2.ClH/c1-15(13-29)27-16(2)18-8-6-17(7-9-18)10-20(30)28-23-26-12-22(33-23)32-14-21-25-11-19(31-21)24(3,4)5;/h6-9,11-12,15-16,27,29H,10,13-14H2,1-5H3,(H,26,28,30);1H. The van der Waals surface area contributed by atoms with Gasteiger partial charge in [-0.15, -0.1) is 24.2 Å². The van der Waals surface area contributed by atoms with Gasteiger partial charge in [-0.05, 0) is 25.0 Å². The molecule has 0 saturated heterocycles. The summed E-state index contributed by atoms with van der Waals surface area (Å²) in [6.45, 7) is 10.4. The van der Waals surface area contributed by atoms with Gasteiger partial charge in [-0.3, -0.25) is 4.79 Å². The number of carbonyl (C=O) groups is 1. The highest BCUT2D eigenvalue weighted by Gasteiger charge is 2.19. The molecule has 3 aromatic rings. The van der Waals surface area contributed by atoms with E-state index in [4.69, 9.17) is 4.42 Å². The van der Waals surface area contributed by atoms with Crippen molar-refractivity contribution in [2.24, 2.45) is 0 Å². The summed E-state index contributed by atoms with van der Waals surface area (Å²) in [5, 5.41) is 16.0. The summed E-state index contributed by atoms with van der Waals surface area (Å²) < 4.78 is 6.81. The van der Waals surface area contributed by atoms with Crippen LogP contribution in [0.5, 0.6) is 0 Å². The maximum atomic E-state index is 12.5. The van der Waals surface area contributed by atoms with Crippen molar-refractivity contribution >= 4 is 46.5 Å². The Hall–Kier alpha value is -1.91. The van der Waals surface area contributed by atoms with Gasteiger partial charge in [-0.1, -0.05) is 56.4 Å². The second kappa shape index (κ2) is 12.7. The van der Waals surface area contributed by atoms with Crippen LogP contribution in [0, 0.1) is 0 Å². The molecule has 1 amide bonds. The molecular formula is C24H33ClN4O3S2. The normalized spacial score (nSPS) is 13.2. The Bertz CT molecular complexity index is 1050. The summed E-state index contributed by atoms with van der Waals surface area (Å²) in [5.41, 5.74) is 1.98. The van der Waals surface area contributed by atoms with E-state index in [-0.39, 0.29) is 48.8 Å². The molecule has 3 N–H and O–H groups in total. The lowest BCUT2D eigenvalue weighted by molar-refractivity contribution is -0.115. The zero-order valence-corrected chi connectivity index (χ0v) is 22.6. The average molecular weight is 525 g/mol. The molecule has 7 nitrogen and oxygen atoms in total. The molecule has 2 unspecified atom stereocenters. The number of thioether (sulfide) groups is 1. The minimum Gasteiger partial charge on any atom is -0.444 e. The molecule has 0 aliphatic rings. The van der Waals surface area contributed by atoms with E-state index in [0.29, 0.717) is 16.8 Å². The molecule has 0 spiro atoms. The van der Waals surface area contributed by atoms with Crippen molar-refractivity contribution in [2.45, 2.75) is 68.5 Å². The second-order valence-electron chi connectivity index (χ2n) is 9.08. The van der Waals surface area contributed by atoms with Crippen molar-refractivity contribution in [3.63, 3.8) is 0 Å². The molecule has 0 saturated carbocycles. The third-order valence-electron chi connectivity index (χ3n) is 5.01. The van der Waals surface area contributed by atoms with E-state index in [1.54, 1.807) is 24.2 Å². The Labute approximate surface area is 215 Å². The highest BCUT2D eigenvalue weighted by Crippen LogP contribution is 2.31. The molecule has 0 bridgehead atoms. The zero-order valence-electron chi connectivity index (χ0n) is 20.1. The van der Waals surface area contributed by atoms with Crippen molar-refractivity contribution in [3.8, 4) is 0 Å². The Kier molecular flexibility index (Phi) is 10.6. The van der Waals surface area contributed by atoms with Gasteiger partial charge in [0.05, 0.1) is 35.4 Å². The number of carbonyl (C=O) groups excluding carboxylic acids is 1. The smallest absolute Gasteiger partial charge is 0.230 e. The van der Waals surface area contributed by atoms with Crippen LogP contribution in [0.4, 0.5) is 5.13 Å². The Morgan fingerprint density at radius 2 is 1.88 bits per heavy atom. The highest BCUT2D eigenvalue weighted by molar-refractivity contribution is 8.00. The molecule has 2 aromatic heterocycles. The molecule has 2 heterocycles. The van der Waals surface area contributed by atoms with Crippen LogP contribution in [0.1, 0.15) is 63.4 Å². The topological polar surface area (TPSA) is 100 Å². The van der Waals surface area contributed by atoms with Gasteiger partial charge in [-0.25, -0.2) is 9.97 Å². The first-order chi connectivity index (χ1) is 15.6. The van der Waals surface area contributed by atoms with Crippen LogP contribution in [0.25, 0.3) is 0 Å². The molecule has 0 radical (unpaired) electrons. The van der Waals surface area contributed by atoms with Crippen LogP contribution in [-0.4, -0.2) is 33.6 Å². The molecule has 0 aliphatic heterocycles. The number of amides is 1. The Morgan fingerprint density at radius 3 is 2.50 bits per heavy atom. The number of aromatic nitrogens is 2. The summed E-state index contributed by atoms with van der Waals surface area (Å²) in [7, 11) is 0. The minimum atomic E-state index is -0.101. The number of thiazole rings is 1. The predicted molar refractivity (Wildman–Crippen MR) is 141 cm³/mol. The number of nitrogens with zero attached hydrogens (tertiary/aromatic N) is 2. The van der Waals surface area contributed by atoms with Crippen LogP contribution in [0.15, 0.2) is 45.3 Å². The summed E-state index contributed by atoms with van der Waals surface area (Å²) in [5.74, 6) is 2.07. The maximum Gasteiger partial charge on any atom is 0.230 e. The van der Waals surface area contributed by atoms with E-state index < -0.39 is 0 Å². The van der Waals surface area contributed by atoms with Gasteiger partial charge in [-0.2, -0.15) is 0 Å². The largest absolute Gasteiger partial charge is 0.444 e. The third-order valence-corrected chi connectivity index (χ3v) is 7.11. The number of hydrogen-bond acceptors (Lipinski definition) is 8. The summed E-state index contributed by atoms with van der Waals surface area (Å²) in [6.07, 6.45) is 3.83. The lowest BCUT2D eigenvalue weighted by atomic mass is 9.94. The Morgan fingerprint density at radius 1 is 1.18 bits per heavy atom. The first-order valence-electron chi connectivity index (χ1n) is 10.9. The van der Waals surface area contributed by atoms with E-state index in [9.17, 15) is 9.90 Å². The van der Waals surface area contributed by atoms with Gasteiger partial charge >= 0.3 is 0 Å². The maximum absolute atomic E-state index is 12.5. The number of aliphatic hydroxyl groups is 1. The number of aliphatic hydroxyl groups excluding tert-OH is 1. The fourth-order valence-corrected chi connectivity index (χ4v) is 4.83. The molecular weight excluding hydrogens is 492 g/mol. The fraction of sp³-hybridized carbons (Fsp3) is 0.458. The summed E-state index contributed by atoms with van der Waals surface area (Å²) in [4.78, 5) is 21.1. The zero-order chi connectivity index (χ0) is 24.0. The van der Waals surface area contributed by atoms with Gasteiger partial charge in [0.15, 0.2) is 5.13 Å². The number of benzene rings is 1. The predicted octanol–water partition coefficient (Wildman–Crippen LogP) is 5.36. The monoisotopic (exact) mass is 524 g/mol. The van der Waals surface area contributed by atoms with E-state index in [1.165, 1.54) is 11.3 Å². The number of rotatable bonds is 10. The molecule has 186 valence electrons. The van der Waals surface area contributed by atoms with Crippen molar-refractivity contribution < 1.29 is 14.3 Å². The number of halogens is 1.